The van der Waals surface area contributed by atoms with E-state index >= 15 is 0 Å². The zero-order chi connectivity index (χ0) is 48.5. The summed E-state index contributed by atoms with van der Waals surface area (Å²) in [6.45, 7) is 3.61. The second-order valence-electron chi connectivity index (χ2n) is 15.6. The van der Waals surface area contributed by atoms with E-state index in [0.717, 1.165) is 67.7 Å². The Morgan fingerprint density at radius 1 is 0.565 bits per heavy atom. The number of para-hydroxylation sites is 2. The first kappa shape index (κ1) is 50.6. The minimum Gasteiger partial charge on any atom is -0.476 e. The summed E-state index contributed by atoms with van der Waals surface area (Å²) >= 11 is 1.67. The smallest absolute Gasteiger partial charge is 0.356 e. The fourth-order valence-corrected chi connectivity index (χ4v) is 7.00. The predicted octanol–water partition coefficient (Wildman–Crippen LogP) is 10.7. The molecule has 0 aliphatic heterocycles. The first-order valence-electron chi connectivity index (χ1n) is 22.5. The number of nitrogens with two attached hydrogens (primary N) is 1. The SMILES string of the molecule is CSCCC(=O)Nc1ccc(Oc2ccc(CCNCc3ccccc3)cc2)cc1.NC(=O)c1ccc(Oc2ccc(CCNCc3ccccc3)cc2)cc1.O=C(O)c1cnc2ccccc2n1. The molecule has 0 radical (unpaired) electrons. The van der Waals surface area contributed by atoms with Crippen molar-refractivity contribution >= 4 is 46.3 Å². The monoisotopic (exact) mass is 940 g/mol. The lowest BCUT2D eigenvalue weighted by atomic mass is 10.1. The highest BCUT2D eigenvalue weighted by Gasteiger charge is 2.07. The zero-order valence-electron chi connectivity index (χ0n) is 38.4. The molecule has 6 N–H and O–H groups in total. The average Bonchev–Trinajstić information content (AvgIpc) is 3.38. The third kappa shape index (κ3) is 18.1. The maximum atomic E-state index is 11.8. The van der Waals surface area contributed by atoms with E-state index in [0.29, 0.717) is 28.8 Å². The summed E-state index contributed by atoms with van der Waals surface area (Å²) in [4.78, 5) is 41.3. The minimum atomic E-state index is -1.06. The number of carbonyl (C=O) groups excluding carboxylic acids is 2. The van der Waals surface area contributed by atoms with Gasteiger partial charge in [0.15, 0.2) is 5.69 Å². The van der Waals surface area contributed by atoms with Gasteiger partial charge in [0.05, 0.1) is 17.2 Å². The van der Waals surface area contributed by atoms with Gasteiger partial charge in [0.2, 0.25) is 11.8 Å². The third-order valence-corrected chi connectivity index (χ3v) is 10.9. The number of nitrogens with zero attached hydrogens (tertiary/aromatic N) is 2. The van der Waals surface area contributed by atoms with Crippen LogP contribution in [0.1, 0.15) is 49.5 Å². The molecule has 8 aromatic rings. The summed E-state index contributed by atoms with van der Waals surface area (Å²) in [7, 11) is 0. The summed E-state index contributed by atoms with van der Waals surface area (Å²) in [6, 6.07) is 58.4. The van der Waals surface area contributed by atoms with Crippen LogP contribution < -0.4 is 31.2 Å². The Hall–Kier alpha value is -7.84. The van der Waals surface area contributed by atoms with Crippen LogP contribution in [0.25, 0.3) is 11.0 Å². The molecule has 0 aliphatic carbocycles. The number of amides is 2. The lowest BCUT2D eigenvalue weighted by Crippen LogP contribution is -2.16. The molecular weight excluding hydrogens is 885 g/mol. The minimum absolute atomic E-state index is 0.0290. The molecule has 0 bridgehead atoms. The first-order chi connectivity index (χ1) is 33.7. The van der Waals surface area contributed by atoms with Crippen LogP contribution in [-0.4, -0.2) is 58.0 Å². The molecule has 12 nitrogen and oxygen atoms in total. The van der Waals surface area contributed by atoms with E-state index in [9.17, 15) is 14.4 Å². The van der Waals surface area contributed by atoms with Gasteiger partial charge < -0.3 is 36.3 Å². The number of aromatic carboxylic acids is 1. The molecule has 0 aliphatic rings. The second kappa shape index (κ2) is 27.7. The number of carbonyl (C=O) groups is 3. The van der Waals surface area contributed by atoms with Crippen molar-refractivity contribution in [3.63, 3.8) is 0 Å². The van der Waals surface area contributed by atoms with Gasteiger partial charge in [-0.2, -0.15) is 11.8 Å². The third-order valence-electron chi connectivity index (χ3n) is 10.3. The van der Waals surface area contributed by atoms with E-state index in [4.69, 9.17) is 20.3 Å². The Bertz CT molecular complexity index is 2800. The van der Waals surface area contributed by atoms with E-state index in [1.807, 2.05) is 73.0 Å². The van der Waals surface area contributed by atoms with E-state index in [-0.39, 0.29) is 11.6 Å². The molecule has 8 rings (SSSR count). The second-order valence-corrected chi connectivity index (χ2v) is 16.6. The van der Waals surface area contributed by atoms with Crippen molar-refractivity contribution in [2.45, 2.75) is 32.4 Å². The van der Waals surface area contributed by atoms with E-state index in [1.165, 1.54) is 28.5 Å². The highest BCUT2D eigenvalue weighted by molar-refractivity contribution is 7.98. The molecule has 2 amide bonds. The van der Waals surface area contributed by atoms with Crippen LogP contribution in [0.5, 0.6) is 23.0 Å². The van der Waals surface area contributed by atoms with E-state index in [2.05, 4.69) is 98.7 Å². The highest BCUT2D eigenvalue weighted by Crippen LogP contribution is 2.25. The topological polar surface area (TPSA) is 178 Å². The van der Waals surface area contributed by atoms with Gasteiger partial charge in [-0.1, -0.05) is 97.1 Å². The molecule has 352 valence electrons. The molecular formula is C56H56N6O6S. The number of carboxylic acid groups (broad SMARTS) is 1. The number of benzene rings is 7. The number of rotatable bonds is 20. The number of hydrogen-bond donors (Lipinski definition) is 5. The number of aromatic nitrogens is 2. The summed E-state index contributed by atoms with van der Waals surface area (Å²) < 4.78 is 11.7. The van der Waals surface area contributed by atoms with Gasteiger partial charge in [0.25, 0.3) is 0 Å². The number of ether oxygens (including phenoxy) is 2. The zero-order valence-corrected chi connectivity index (χ0v) is 39.2. The maximum absolute atomic E-state index is 11.8. The molecule has 0 spiro atoms. The van der Waals surface area contributed by atoms with Crippen LogP contribution >= 0.6 is 11.8 Å². The lowest BCUT2D eigenvalue weighted by molar-refractivity contribution is -0.115. The number of carboxylic acids is 1. The van der Waals surface area contributed by atoms with Crippen molar-refractivity contribution in [2.24, 2.45) is 5.73 Å². The standard InChI is InChI=1S/C25H28N2O2S.C22H22N2O2.C9H6N2O2/c1-30-18-16-25(28)27-22-9-13-24(14-10-22)29-23-11-7-20(8-12-23)15-17-26-19-21-5-3-2-4-6-21;23-22(25)19-8-12-21(13-9-19)26-20-10-6-17(7-11-20)14-15-24-16-18-4-2-1-3-5-18;12-9(13)8-5-10-6-3-1-2-4-7(6)11-8/h2-14,26H,15-19H2,1H3,(H,27,28);1-13,24H,14-16H2,(H2,23,25);1-5H,(H,12,13). The van der Waals surface area contributed by atoms with Crippen molar-refractivity contribution in [2.75, 3.05) is 30.4 Å². The molecule has 0 unspecified atom stereocenters. The Balaban J connectivity index is 0.000000182. The Morgan fingerprint density at radius 2 is 1.01 bits per heavy atom. The summed E-state index contributed by atoms with van der Waals surface area (Å²) in [5.74, 6) is 2.34. The maximum Gasteiger partial charge on any atom is 0.356 e. The fraction of sp³-hybridized carbons (Fsp3) is 0.161. The molecule has 0 atom stereocenters. The largest absolute Gasteiger partial charge is 0.476 e. The predicted molar refractivity (Wildman–Crippen MR) is 276 cm³/mol. The van der Waals surface area contributed by atoms with Gasteiger partial charge >= 0.3 is 5.97 Å². The van der Waals surface area contributed by atoms with Crippen molar-refractivity contribution in [1.82, 2.24) is 20.6 Å². The molecule has 0 fully saturated rings. The molecule has 1 heterocycles. The Labute approximate surface area is 407 Å². The summed E-state index contributed by atoms with van der Waals surface area (Å²) in [5, 5.41) is 18.5. The van der Waals surface area contributed by atoms with Crippen LogP contribution in [0.3, 0.4) is 0 Å². The van der Waals surface area contributed by atoms with Gasteiger partial charge in [0, 0.05) is 36.5 Å². The number of nitrogens with one attached hydrogen (secondary N) is 3. The van der Waals surface area contributed by atoms with Crippen molar-refractivity contribution < 1.29 is 29.0 Å². The van der Waals surface area contributed by atoms with Crippen LogP contribution in [0, 0.1) is 0 Å². The van der Waals surface area contributed by atoms with Crippen molar-refractivity contribution in [1.29, 1.82) is 0 Å². The number of primary amides is 1. The highest BCUT2D eigenvalue weighted by atomic mass is 32.2. The van der Waals surface area contributed by atoms with Gasteiger partial charge in [-0.3, -0.25) is 14.6 Å². The van der Waals surface area contributed by atoms with E-state index in [1.54, 1.807) is 54.2 Å². The Morgan fingerprint density at radius 3 is 1.48 bits per heavy atom. The molecule has 0 saturated heterocycles. The molecule has 13 heteroatoms. The van der Waals surface area contributed by atoms with Crippen LogP contribution in [0.15, 0.2) is 188 Å². The Kier molecular flexibility index (Phi) is 20.3. The lowest BCUT2D eigenvalue weighted by Gasteiger charge is -2.09. The number of anilines is 1. The first-order valence-corrected chi connectivity index (χ1v) is 23.9. The number of thioether (sulfide) groups is 1. The van der Waals surface area contributed by atoms with Crippen molar-refractivity contribution in [3.8, 4) is 23.0 Å². The van der Waals surface area contributed by atoms with Crippen LogP contribution in [-0.2, 0) is 30.7 Å². The molecule has 69 heavy (non-hydrogen) atoms. The van der Waals surface area contributed by atoms with Gasteiger partial charge in [-0.05, 0) is 139 Å². The average molecular weight is 941 g/mol. The fourth-order valence-electron chi connectivity index (χ4n) is 6.62. The summed E-state index contributed by atoms with van der Waals surface area (Å²) in [5.41, 5.74) is 12.9. The van der Waals surface area contributed by atoms with Gasteiger partial charge in [-0.15, -0.1) is 0 Å². The van der Waals surface area contributed by atoms with Gasteiger partial charge in [-0.25, -0.2) is 9.78 Å². The van der Waals surface area contributed by atoms with Crippen molar-refractivity contribution in [3.05, 3.63) is 222 Å². The van der Waals surface area contributed by atoms with Crippen LogP contribution in [0.2, 0.25) is 0 Å². The number of fused-ring (bicyclic) bond motifs is 1. The van der Waals surface area contributed by atoms with Crippen LogP contribution in [0.4, 0.5) is 5.69 Å². The normalized spacial score (nSPS) is 10.4. The summed E-state index contributed by atoms with van der Waals surface area (Å²) in [6.07, 6.45) is 5.70. The quantitative estimate of drug-likeness (QED) is 0.0459. The van der Waals surface area contributed by atoms with E-state index < -0.39 is 11.9 Å². The molecule has 0 saturated carbocycles. The number of hydrogen-bond acceptors (Lipinski definition) is 10. The molecule has 1 aromatic heterocycles. The van der Waals surface area contributed by atoms with Gasteiger partial charge in [0.1, 0.15) is 23.0 Å². The molecule has 7 aromatic carbocycles.